The lowest BCUT2D eigenvalue weighted by molar-refractivity contribution is -0.930. The quantitative estimate of drug-likeness (QED) is 0.447. The molecule has 0 aromatic rings. The third-order valence-electron chi connectivity index (χ3n) is 5.43. The highest BCUT2D eigenvalue weighted by molar-refractivity contribution is 7.66. The first-order chi connectivity index (χ1) is 8.22. The molecule has 0 saturated heterocycles. The van der Waals surface area contributed by atoms with E-state index in [0.717, 1.165) is 17.8 Å². The zero-order chi connectivity index (χ0) is 13.6. The lowest BCUT2D eigenvalue weighted by Gasteiger charge is -2.61. The Morgan fingerprint density at radius 2 is 1.22 bits per heavy atom. The molecule has 0 heterocycles. The van der Waals surface area contributed by atoms with Crippen molar-refractivity contribution in [2.24, 2.45) is 17.8 Å². The van der Waals surface area contributed by atoms with Crippen molar-refractivity contribution in [2.45, 2.75) is 44.1 Å². The summed E-state index contributed by atoms with van der Waals surface area (Å²) in [4.78, 5) is 0. The maximum Gasteiger partial charge on any atom is 0.0994 e. The second-order valence-corrected chi connectivity index (χ2v) is 7.83. The number of quaternary nitrogens is 1. The molecule has 0 amide bonds. The van der Waals surface area contributed by atoms with Crippen molar-refractivity contribution >= 4 is 11.0 Å². The van der Waals surface area contributed by atoms with E-state index >= 15 is 0 Å². The van der Waals surface area contributed by atoms with Crippen molar-refractivity contribution < 1.29 is 17.5 Å². The molecule has 4 saturated carbocycles. The predicted molar refractivity (Wildman–Crippen MR) is 70.0 cm³/mol. The second-order valence-electron chi connectivity index (χ2n) is 7.38. The van der Waals surface area contributed by atoms with E-state index < -0.39 is 11.0 Å². The molecule has 4 bridgehead atoms. The van der Waals surface area contributed by atoms with Gasteiger partial charge >= 0.3 is 0 Å². The first kappa shape index (κ1) is 14.3. The van der Waals surface area contributed by atoms with Crippen LogP contribution in [-0.4, -0.2) is 44.1 Å². The molecular formula is C13H25NO3S. The van der Waals surface area contributed by atoms with Crippen molar-refractivity contribution in [1.29, 1.82) is 0 Å². The van der Waals surface area contributed by atoms with Crippen molar-refractivity contribution in [3.05, 3.63) is 0 Å². The Labute approximate surface area is 112 Å². The van der Waals surface area contributed by atoms with E-state index in [-0.39, 0.29) is 0 Å². The summed E-state index contributed by atoms with van der Waals surface area (Å²) >= 11 is 0. The molecule has 18 heavy (non-hydrogen) atoms. The van der Waals surface area contributed by atoms with E-state index in [1.807, 2.05) is 0 Å². The molecule has 0 N–H and O–H groups in total. The Hall–Kier alpha value is -0.130. The fraction of sp³-hybridized carbons (Fsp3) is 1.00. The summed E-state index contributed by atoms with van der Waals surface area (Å²) in [6.45, 7) is 0. The van der Waals surface area contributed by atoms with Gasteiger partial charge in [-0.05, 0) is 37.0 Å². The molecule has 4 fully saturated rings. The third kappa shape index (κ3) is 2.73. The van der Waals surface area contributed by atoms with Gasteiger partial charge in [0.25, 0.3) is 0 Å². The third-order valence-corrected chi connectivity index (χ3v) is 5.43. The molecule has 0 radical (unpaired) electrons. The average Bonchev–Trinajstić information content (AvgIpc) is 2.11. The molecule has 5 heteroatoms. The summed E-state index contributed by atoms with van der Waals surface area (Å²) < 4.78 is 26.7. The predicted octanol–water partition coefficient (Wildman–Crippen LogP) is 1.39. The molecule has 0 aromatic heterocycles. The second kappa shape index (κ2) is 4.76. The fourth-order valence-electron chi connectivity index (χ4n) is 4.89. The fourth-order valence-corrected chi connectivity index (χ4v) is 4.89. The Balaban J connectivity index is 0.000000267. The molecule has 4 nitrogen and oxygen atoms in total. The molecule has 106 valence electrons. The normalized spacial score (nSPS) is 41.7. The van der Waals surface area contributed by atoms with Crippen molar-refractivity contribution in [3.8, 4) is 0 Å². The van der Waals surface area contributed by atoms with Crippen molar-refractivity contribution in [3.63, 3.8) is 0 Å². The molecule has 0 aromatic carbocycles. The van der Waals surface area contributed by atoms with E-state index in [1.54, 1.807) is 19.3 Å². The number of rotatable bonds is 1. The van der Waals surface area contributed by atoms with Gasteiger partial charge in [-0.25, -0.2) is 8.42 Å². The van der Waals surface area contributed by atoms with Crippen LogP contribution < -0.4 is 0 Å². The lowest BCUT2D eigenvalue weighted by atomic mass is 9.52. The van der Waals surface area contributed by atoms with E-state index in [2.05, 4.69) is 21.1 Å². The smallest absolute Gasteiger partial charge is 0.0994 e. The number of thiol groups is 1. The lowest BCUT2D eigenvalue weighted by Crippen LogP contribution is -2.65. The molecular weight excluding hydrogens is 250 g/mol. The van der Waals surface area contributed by atoms with Gasteiger partial charge in [0, 0.05) is 19.3 Å². The SMILES string of the molecule is C[N+](C)(C)C12CC3CC(CC(C3)C1)C2.O=[SH](=O)[O-]. The highest BCUT2D eigenvalue weighted by Crippen LogP contribution is 2.58. The van der Waals surface area contributed by atoms with Gasteiger partial charge in [0.2, 0.25) is 0 Å². The molecule has 4 rings (SSSR count). The van der Waals surface area contributed by atoms with Gasteiger partial charge in [-0.15, -0.1) is 0 Å². The molecule has 0 aliphatic heterocycles. The van der Waals surface area contributed by atoms with Crippen molar-refractivity contribution in [2.75, 3.05) is 21.1 Å². The maximum absolute atomic E-state index is 8.48. The van der Waals surface area contributed by atoms with Crippen LogP contribution in [0.25, 0.3) is 0 Å². The highest BCUT2D eigenvalue weighted by atomic mass is 32.2. The summed E-state index contributed by atoms with van der Waals surface area (Å²) in [5.41, 5.74) is 0.675. The molecule has 0 spiro atoms. The number of nitrogens with zero attached hydrogens (tertiary/aromatic N) is 1. The van der Waals surface area contributed by atoms with Crippen LogP contribution in [0, 0.1) is 17.8 Å². The minimum absolute atomic E-state index is 0.675. The maximum atomic E-state index is 8.48. The van der Waals surface area contributed by atoms with Gasteiger partial charge < -0.3 is 9.04 Å². The van der Waals surface area contributed by atoms with Crippen LogP contribution in [0.4, 0.5) is 0 Å². The van der Waals surface area contributed by atoms with Crippen LogP contribution in [0.1, 0.15) is 38.5 Å². The van der Waals surface area contributed by atoms with Crippen LogP contribution in [0.2, 0.25) is 0 Å². The monoisotopic (exact) mass is 275 g/mol. The first-order valence-electron chi connectivity index (χ1n) is 6.85. The Kier molecular flexibility index (Phi) is 3.78. The van der Waals surface area contributed by atoms with Crippen LogP contribution in [-0.2, 0) is 11.0 Å². The number of hydrogen-bond donors (Lipinski definition) is 1. The van der Waals surface area contributed by atoms with Gasteiger partial charge in [0.15, 0.2) is 0 Å². The van der Waals surface area contributed by atoms with Crippen LogP contribution >= 0.6 is 0 Å². The summed E-state index contributed by atoms with van der Waals surface area (Å²) in [5.74, 6) is 3.29. The van der Waals surface area contributed by atoms with Crippen LogP contribution in [0.3, 0.4) is 0 Å². The Morgan fingerprint density at radius 1 is 0.944 bits per heavy atom. The molecule has 0 unspecified atom stereocenters. The first-order valence-corrected chi connectivity index (χ1v) is 7.94. The van der Waals surface area contributed by atoms with E-state index in [1.165, 1.54) is 23.7 Å². The largest absolute Gasteiger partial charge is 0.750 e. The highest BCUT2D eigenvalue weighted by Gasteiger charge is 2.57. The standard InChI is InChI=1S/C13H24N.H2O3S/c1-14(2,3)13-7-10-4-11(8-13)6-12(5-10)9-13;1-4(2)3/h10-12H,4-9H2,1-3H3;4H,(H,1,2,3)/q+1;/p-1. The molecule has 4 aliphatic carbocycles. The number of hydrogen-bond acceptors (Lipinski definition) is 3. The van der Waals surface area contributed by atoms with E-state index in [9.17, 15) is 0 Å². The zero-order valence-electron chi connectivity index (χ0n) is 11.6. The van der Waals surface area contributed by atoms with Crippen LogP contribution in [0.5, 0.6) is 0 Å². The average molecular weight is 275 g/mol. The Bertz CT molecular complexity index is 341. The van der Waals surface area contributed by atoms with Gasteiger partial charge in [0.05, 0.1) is 37.7 Å². The minimum atomic E-state index is -3.37. The summed E-state index contributed by atoms with van der Waals surface area (Å²) in [5, 5.41) is 0. The van der Waals surface area contributed by atoms with E-state index in [4.69, 9.17) is 13.0 Å². The molecule has 0 atom stereocenters. The van der Waals surface area contributed by atoms with Gasteiger partial charge in [-0.1, -0.05) is 0 Å². The minimum Gasteiger partial charge on any atom is -0.750 e. The topological polar surface area (TPSA) is 57.2 Å². The summed E-state index contributed by atoms with van der Waals surface area (Å²) in [6, 6.07) is 0. The summed E-state index contributed by atoms with van der Waals surface area (Å²) in [6.07, 6.45) is 9.30. The summed E-state index contributed by atoms with van der Waals surface area (Å²) in [7, 11) is 3.90. The van der Waals surface area contributed by atoms with Crippen LogP contribution in [0.15, 0.2) is 0 Å². The molecule has 4 aliphatic rings. The van der Waals surface area contributed by atoms with Gasteiger partial charge in [0.1, 0.15) is 0 Å². The zero-order valence-corrected chi connectivity index (χ0v) is 12.5. The van der Waals surface area contributed by atoms with Gasteiger partial charge in [-0.3, -0.25) is 0 Å². The Morgan fingerprint density at radius 3 is 1.44 bits per heavy atom. The van der Waals surface area contributed by atoms with E-state index in [0.29, 0.717) is 5.54 Å². The van der Waals surface area contributed by atoms with Crippen molar-refractivity contribution in [1.82, 2.24) is 0 Å². The van der Waals surface area contributed by atoms with Gasteiger partial charge in [-0.2, -0.15) is 0 Å².